The van der Waals surface area contributed by atoms with E-state index >= 15 is 0 Å². The Morgan fingerprint density at radius 3 is 2.40 bits per heavy atom. The predicted molar refractivity (Wildman–Crippen MR) is 64.2 cm³/mol. The van der Waals surface area contributed by atoms with Crippen LogP contribution in [0, 0.1) is 0 Å². The molecular weight excluding hydrogens is 186 g/mol. The van der Waals surface area contributed by atoms with Crippen molar-refractivity contribution in [2.24, 2.45) is 0 Å². The molecule has 2 heterocycles. The summed E-state index contributed by atoms with van der Waals surface area (Å²) in [5.74, 6) is 0. The van der Waals surface area contributed by atoms with Crippen molar-refractivity contribution in [1.29, 1.82) is 0 Å². The molecule has 2 rings (SSSR count). The number of likely N-dealkylation sites (N-methyl/N-ethyl adjacent to an activating group) is 1. The van der Waals surface area contributed by atoms with Crippen LogP contribution in [0.2, 0.25) is 0 Å². The SMILES string of the molecule is CC1CN(CC2CCCN2)CC(C)N1C. The molecule has 15 heavy (non-hydrogen) atoms. The molecule has 2 fully saturated rings. The van der Waals surface area contributed by atoms with Gasteiger partial charge in [-0.3, -0.25) is 9.80 Å². The molecule has 0 spiro atoms. The van der Waals surface area contributed by atoms with E-state index in [-0.39, 0.29) is 0 Å². The molecule has 88 valence electrons. The Bertz CT molecular complexity index is 189. The van der Waals surface area contributed by atoms with E-state index in [0.29, 0.717) is 12.1 Å². The van der Waals surface area contributed by atoms with Gasteiger partial charge in [-0.2, -0.15) is 0 Å². The smallest absolute Gasteiger partial charge is 0.0195 e. The minimum Gasteiger partial charge on any atom is -0.313 e. The van der Waals surface area contributed by atoms with E-state index in [0.717, 1.165) is 6.04 Å². The van der Waals surface area contributed by atoms with Crippen molar-refractivity contribution in [3.8, 4) is 0 Å². The lowest BCUT2D eigenvalue weighted by Gasteiger charge is -2.43. The van der Waals surface area contributed by atoms with E-state index in [2.05, 4.69) is 36.0 Å². The molecule has 0 aliphatic carbocycles. The van der Waals surface area contributed by atoms with Crippen LogP contribution in [0.4, 0.5) is 0 Å². The molecule has 1 N–H and O–H groups in total. The lowest BCUT2D eigenvalue weighted by Crippen LogP contribution is -2.56. The van der Waals surface area contributed by atoms with Crippen LogP contribution < -0.4 is 5.32 Å². The normalized spacial score (nSPS) is 39.8. The average molecular weight is 211 g/mol. The van der Waals surface area contributed by atoms with E-state index < -0.39 is 0 Å². The van der Waals surface area contributed by atoms with Gasteiger partial charge in [0.2, 0.25) is 0 Å². The zero-order chi connectivity index (χ0) is 10.8. The molecule has 2 aliphatic rings. The van der Waals surface area contributed by atoms with Crippen LogP contribution in [0.1, 0.15) is 26.7 Å². The summed E-state index contributed by atoms with van der Waals surface area (Å²) in [6, 6.07) is 2.16. The fourth-order valence-electron chi connectivity index (χ4n) is 2.89. The van der Waals surface area contributed by atoms with E-state index in [1.54, 1.807) is 0 Å². The van der Waals surface area contributed by atoms with Gasteiger partial charge in [0.05, 0.1) is 0 Å². The van der Waals surface area contributed by atoms with Gasteiger partial charge < -0.3 is 5.32 Å². The van der Waals surface area contributed by atoms with Crippen LogP contribution in [0.25, 0.3) is 0 Å². The molecule has 0 aromatic heterocycles. The summed E-state index contributed by atoms with van der Waals surface area (Å²) < 4.78 is 0. The molecule has 0 aromatic carbocycles. The van der Waals surface area contributed by atoms with Gasteiger partial charge in [0, 0.05) is 37.8 Å². The van der Waals surface area contributed by atoms with Crippen LogP contribution in [0.5, 0.6) is 0 Å². The average Bonchev–Trinajstić information content (AvgIpc) is 2.66. The summed E-state index contributed by atoms with van der Waals surface area (Å²) in [5, 5.41) is 3.59. The standard InChI is InChI=1S/C12H25N3/c1-10-7-15(8-11(2)14(10)3)9-12-5-4-6-13-12/h10-13H,4-9H2,1-3H3. The van der Waals surface area contributed by atoms with E-state index in [1.165, 1.54) is 39.0 Å². The molecule has 3 nitrogen and oxygen atoms in total. The zero-order valence-electron chi connectivity index (χ0n) is 10.4. The van der Waals surface area contributed by atoms with Gasteiger partial charge in [0.15, 0.2) is 0 Å². The molecule has 3 atom stereocenters. The quantitative estimate of drug-likeness (QED) is 0.727. The second kappa shape index (κ2) is 4.81. The van der Waals surface area contributed by atoms with Crippen molar-refractivity contribution in [2.45, 2.75) is 44.8 Å². The van der Waals surface area contributed by atoms with Gasteiger partial charge in [-0.25, -0.2) is 0 Å². The highest BCUT2D eigenvalue weighted by Crippen LogP contribution is 2.15. The zero-order valence-corrected chi connectivity index (χ0v) is 10.4. The van der Waals surface area contributed by atoms with Crippen LogP contribution in [0.3, 0.4) is 0 Å². The fourth-order valence-corrected chi connectivity index (χ4v) is 2.89. The highest BCUT2D eigenvalue weighted by Gasteiger charge is 2.28. The summed E-state index contributed by atoms with van der Waals surface area (Å²) in [7, 11) is 2.25. The first kappa shape index (κ1) is 11.4. The molecule has 0 saturated carbocycles. The maximum atomic E-state index is 3.59. The molecular formula is C12H25N3. The molecule has 0 aromatic rings. The van der Waals surface area contributed by atoms with Crippen LogP contribution in [0.15, 0.2) is 0 Å². The van der Waals surface area contributed by atoms with Gasteiger partial charge >= 0.3 is 0 Å². The maximum Gasteiger partial charge on any atom is 0.0195 e. The van der Waals surface area contributed by atoms with Gasteiger partial charge in [0.25, 0.3) is 0 Å². The molecule has 3 heteroatoms. The first-order valence-corrected chi connectivity index (χ1v) is 6.34. The topological polar surface area (TPSA) is 18.5 Å². The third kappa shape index (κ3) is 2.71. The molecule has 2 saturated heterocycles. The monoisotopic (exact) mass is 211 g/mol. The third-order valence-electron chi connectivity index (χ3n) is 4.08. The van der Waals surface area contributed by atoms with Crippen LogP contribution in [-0.2, 0) is 0 Å². The predicted octanol–water partition coefficient (Wildman–Crippen LogP) is 0.763. The van der Waals surface area contributed by atoms with Gasteiger partial charge in [-0.15, -0.1) is 0 Å². The summed E-state index contributed by atoms with van der Waals surface area (Å²) in [6.45, 7) is 9.62. The van der Waals surface area contributed by atoms with Crippen molar-refractivity contribution >= 4 is 0 Å². The molecule has 0 amide bonds. The lowest BCUT2D eigenvalue weighted by atomic mass is 10.1. The van der Waals surface area contributed by atoms with Crippen molar-refractivity contribution in [2.75, 3.05) is 33.2 Å². The molecule has 0 bridgehead atoms. The highest BCUT2D eigenvalue weighted by atomic mass is 15.3. The summed E-state index contributed by atoms with van der Waals surface area (Å²) in [6.07, 6.45) is 2.73. The Balaban J connectivity index is 1.82. The maximum absolute atomic E-state index is 3.59. The Morgan fingerprint density at radius 1 is 1.20 bits per heavy atom. The lowest BCUT2D eigenvalue weighted by molar-refractivity contribution is 0.0555. The highest BCUT2D eigenvalue weighted by molar-refractivity contribution is 4.86. The Morgan fingerprint density at radius 2 is 1.87 bits per heavy atom. The van der Waals surface area contributed by atoms with Gasteiger partial charge in [-0.05, 0) is 40.3 Å². The number of hydrogen-bond donors (Lipinski definition) is 1. The Labute approximate surface area is 93.8 Å². The number of piperazine rings is 1. The van der Waals surface area contributed by atoms with Crippen molar-refractivity contribution in [3.63, 3.8) is 0 Å². The fraction of sp³-hybridized carbons (Fsp3) is 1.00. The summed E-state index contributed by atoms with van der Waals surface area (Å²) in [4.78, 5) is 5.14. The minimum atomic E-state index is 0.704. The van der Waals surface area contributed by atoms with E-state index in [1.807, 2.05) is 0 Å². The van der Waals surface area contributed by atoms with Crippen molar-refractivity contribution in [1.82, 2.24) is 15.1 Å². The summed E-state index contributed by atoms with van der Waals surface area (Å²) >= 11 is 0. The first-order chi connectivity index (χ1) is 7.16. The second-order valence-corrected chi connectivity index (χ2v) is 5.38. The van der Waals surface area contributed by atoms with E-state index in [9.17, 15) is 0 Å². The van der Waals surface area contributed by atoms with Crippen molar-refractivity contribution < 1.29 is 0 Å². The number of rotatable bonds is 2. The van der Waals surface area contributed by atoms with Crippen LogP contribution in [-0.4, -0.2) is 61.2 Å². The first-order valence-electron chi connectivity index (χ1n) is 6.34. The third-order valence-corrected chi connectivity index (χ3v) is 4.08. The largest absolute Gasteiger partial charge is 0.313 e. The Kier molecular flexibility index (Phi) is 3.65. The number of hydrogen-bond acceptors (Lipinski definition) is 3. The second-order valence-electron chi connectivity index (χ2n) is 5.38. The Hall–Kier alpha value is -0.120. The summed E-state index contributed by atoms with van der Waals surface area (Å²) in [5.41, 5.74) is 0. The minimum absolute atomic E-state index is 0.704. The molecule has 2 aliphatic heterocycles. The van der Waals surface area contributed by atoms with Gasteiger partial charge in [-0.1, -0.05) is 0 Å². The number of nitrogens with one attached hydrogen (secondary N) is 1. The van der Waals surface area contributed by atoms with Crippen LogP contribution >= 0.6 is 0 Å². The molecule has 3 unspecified atom stereocenters. The van der Waals surface area contributed by atoms with Gasteiger partial charge in [0.1, 0.15) is 0 Å². The van der Waals surface area contributed by atoms with Crippen molar-refractivity contribution in [3.05, 3.63) is 0 Å². The van der Waals surface area contributed by atoms with E-state index in [4.69, 9.17) is 0 Å². The molecule has 0 radical (unpaired) electrons. The number of nitrogens with zero attached hydrogens (tertiary/aromatic N) is 2.